The minimum absolute atomic E-state index is 0.0127. The number of hydrogen-bond donors (Lipinski definition) is 0. The largest absolute Gasteiger partial charge is 0.311 e. The molecule has 1 fully saturated rings. The average Bonchev–Trinajstić information content (AvgIpc) is 3.30. The summed E-state index contributed by atoms with van der Waals surface area (Å²) in [7, 11) is 0. The molecule has 1 saturated heterocycles. The Bertz CT molecular complexity index is 1100. The van der Waals surface area contributed by atoms with Crippen molar-refractivity contribution < 1.29 is 23.8 Å². The number of nitro benzene ring substituents is 2. The number of hydrogen-bond acceptors (Lipinski definition) is 6. The lowest BCUT2D eigenvalue weighted by molar-refractivity contribution is -0.387. The third-order valence-electron chi connectivity index (χ3n) is 5.35. The zero-order chi connectivity index (χ0) is 21.6. The van der Waals surface area contributed by atoms with Gasteiger partial charge in [0, 0.05) is 37.7 Å². The van der Waals surface area contributed by atoms with E-state index in [-0.39, 0.29) is 30.2 Å². The molecule has 2 heterocycles. The molecular weight excluding hydrogens is 399 g/mol. The lowest BCUT2D eigenvalue weighted by atomic mass is 10.1. The Balaban J connectivity index is 1.57. The van der Waals surface area contributed by atoms with Gasteiger partial charge in [-0.15, -0.1) is 0 Å². The fourth-order valence-electron chi connectivity index (χ4n) is 3.86. The molecule has 2 aliphatic heterocycles. The van der Waals surface area contributed by atoms with Crippen molar-refractivity contribution in [1.82, 2.24) is 0 Å². The van der Waals surface area contributed by atoms with Gasteiger partial charge in [0.2, 0.25) is 17.6 Å². The van der Waals surface area contributed by atoms with Crippen LogP contribution in [0, 0.1) is 32.0 Å². The van der Waals surface area contributed by atoms with E-state index in [0.717, 1.165) is 17.7 Å². The van der Waals surface area contributed by atoms with Crippen LogP contribution in [0.5, 0.6) is 0 Å². The molecular formula is C19H15FN4O6. The monoisotopic (exact) mass is 414 g/mol. The van der Waals surface area contributed by atoms with Crippen molar-refractivity contribution in [3.63, 3.8) is 0 Å². The standard InChI is InChI=1S/C19H15FN4O6/c20-15-4-3-13(8-17(15)24(29)30)22-10-12(7-18(22)25)19(26)21-6-5-11-1-2-14(23(27)28)9-16(11)21/h1-4,8-9,12H,5-7,10H2. The summed E-state index contributed by atoms with van der Waals surface area (Å²) in [6.07, 6.45) is 0.443. The van der Waals surface area contributed by atoms with Crippen LogP contribution < -0.4 is 9.80 Å². The lowest BCUT2D eigenvalue weighted by Crippen LogP contribution is -2.36. The molecule has 1 atom stereocenters. The summed E-state index contributed by atoms with van der Waals surface area (Å²) in [6, 6.07) is 7.47. The number of fused-ring (bicyclic) bond motifs is 1. The summed E-state index contributed by atoms with van der Waals surface area (Å²) in [4.78, 5) is 48.8. The van der Waals surface area contributed by atoms with Gasteiger partial charge >= 0.3 is 5.69 Å². The van der Waals surface area contributed by atoms with Crippen LogP contribution in [0.1, 0.15) is 12.0 Å². The molecule has 154 valence electrons. The van der Waals surface area contributed by atoms with Crippen LogP contribution in [0.4, 0.5) is 27.1 Å². The zero-order valence-corrected chi connectivity index (χ0v) is 15.5. The Morgan fingerprint density at radius 1 is 1.10 bits per heavy atom. The summed E-state index contributed by atoms with van der Waals surface area (Å²) >= 11 is 0. The third kappa shape index (κ3) is 3.23. The van der Waals surface area contributed by atoms with Crippen molar-refractivity contribution in [3.8, 4) is 0 Å². The molecule has 0 radical (unpaired) electrons. The van der Waals surface area contributed by atoms with E-state index >= 15 is 0 Å². The van der Waals surface area contributed by atoms with Crippen molar-refractivity contribution in [3.05, 3.63) is 68.0 Å². The van der Waals surface area contributed by atoms with E-state index in [1.54, 1.807) is 6.07 Å². The normalized spacial score (nSPS) is 17.9. The predicted octanol–water partition coefficient (Wildman–Crippen LogP) is 2.58. The van der Waals surface area contributed by atoms with E-state index < -0.39 is 33.2 Å². The van der Waals surface area contributed by atoms with Crippen LogP contribution in [0.15, 0.2) is 36.4 Å². The molecule has 2 aliphatic rings. The number of benzene rings is 2. The molecule has 0 bridgehead atoms. The van der Waals surface area contributed by atoms with Crippen molar-refractivity contribution in [2.24, 2.45) is 5.92 Å². The van der Waals surface area contributed by atoms with Gasteiger partial charge in [0.05, 0.1) is 27.1 Å². The molecule has 10 nitrogen and oxygen atoms in total. The van der Waals surface area contributed by atoms with Gasteiger partial charge in [-0.3, -0.25) is 29.8 Å². The number of nitro groups is 2. The molecule has 0 aromatic heterocycles. The molecule has 2 amide bonds. The lowest BCUT2D eigenvalue weighted by Gasteiger charge is -2.21. The van der Waals surface area contributed by atoms with Crippen LogP contribution in [0.2, 0.25) is 0 Å². The number of nitrogens with zero attached hydrogens (tertiary/aromatic N) is 4. The van der Waals surface area contributed by atoms with E-state index in [9.17, 15) is 34.2 Å². The number of carbonyl (C=O) groups is 2. The van der Waals surface area contributed by atoms with Crippen LogP contribution in [-0.4, -0.2) is 34.8 Å². The predicted molar refractivity (Wildman–Crippen MR) is 103 cm³/mol. The Kier molecular flexibility index (Phi) is 4.65. The van der Waals surface area contributed by atoms with Gasteiger partial charge in [-0.2, -0.15) is 4.39 Å². The van der Waals surface area contributed by atoms with Gasteiger partial charge < -0.3 is 9.80 Å². The first-order valence-corrected chi connectivity index (χ1v) is 9.09. The van der Waals surface area contributed by atoms with Gasteiger partial charge in [-0.05, 0) is 24.1 Å². The molecule has 0 spiro atoms. The second kappa shape index (κ2) is 7.17. The molecule has 30 heavy (non-hydrogen) atoms. The summed E-state index contributed by atoms with van der Waals surface area (Å²) < 4.78 is 13.6. The topological polar surface area (TPSA) is 127 Å². The van der Waals surface area contributed by atoms with E-state index in [0.29, 0.717) is 18.7 Å². The fraction of sp³-hybridized carbons (Fsp3) is 0.263. The number of carbonyl (C=O) groups excluding carboxylic acids is 2. The number of non-ortho nitro benzene ring substituents is 1. The van der Waals surface area contributed by atoms with Gasteiger partial charge in [0.1, 0.15) is 0 Å². The summed E-state index contributed by atoms with van der Waals surface area (Å²) in [5, 5.41) is 22.0. The summed E-state index contributed by atoms with van der Waals surface area (Å²) in [6.45, 7) is 0.337. The number of halogens is 1. The van der Waals surface area contributed by atoms with Gasteiger partial charge in [-0.25, -0.2) is 0 Å². The highest BCUT2D eigenvalue weighted by atomic mass is 19.1. The second-order valence-electron chi connectivity index (χ2n) is 7.11. The molecule has 0 aliphatic carbocycles. The number of rotatable bonds is 4. The minimum atomic E-state index is -1.02. The van der Waals surface area contributed by atoms with Crippen LogP contribution in [-0.2, 0) is 16.0 Å². The van der Waals surface area contributed by atoms with E-state index in [1.165, 1.54) is 28.0 Å². The fourth-order valence-corrected chi connectivity index (χ4v) is 3.86. The summed E-state index contributed by atoms with van der Waals surface area (Å²) in [5.41, 5.74) is 0.523. The quantitative estimate of drug-likeness (QED) is 0.559. The molecule has 11 heteroatoms. The Morgan fingerprint density at radius 2 is 1.87 bits per heavy atom. The maximum atomic E-state index is 13.6. The highest BCUT2D eigenvalue weighted by molar-refractivity contribution is 6.05. The number of amides is 2. The zero-order valence-electron chi connectivity index (χ0n) is 15.5. The average molecular weight is 414 g/mol. The Labute approximate surface area is 168 Å². The number of anilines is 2. The maximum Gasteiger partial charge on any atom is 0.306 e. The van der Waals surface area contributed by atoms with Gasteiger partial charge in [0.25, 0.3) is 5.69 Å². The molecule has 0 saturated carbocycles. The summed E-state index contributed by atoms with van der Waals surface area (Å²) in [5.74, 6) is -2.49. The molecule has 0 N–H and O–H groups in total. The highest BCUT2D eigenvalue weighted by Crippen LogP contribution is 2.35. The highest BCUT2D eigenvalue weighted by Gasteiger charge is 2.40. The van der Waals surface area contributed by atoms with Crippen molar-refractivity contribution in [2.45, 2.75) is 12.8 Å². The second-order valence-corrected chi connectivity index (χ2v) is 7.11. The van der Waals surface area contributed by atoms with Gasteiger partial charge in [-0.1, -0.05) is 6.07 Å². The SMILES string of the molecule is O=C1CC(C(=O)N2CCc3ccc([N+](=O)[O-])cc32)CN1c1ccc(F)c([N+](=O)[O-])c1. The van der Waals surface area contributed by atoms with Gasteiger partial charge in [0.15, 0.2) is 0 Å². The van der Waals surface area contributed by atoms with E-state index in [1.807, 2.05) is 0 Å². The minimum Gasteiger partial charge on any atom is -0.311 e. The maximum absolute atomic E-state index is 13.6. The molecule has 4 rings (SSSR count). The molecule has 2 aromatic rings. The van der Waals surface area contributed by atoms with Crippen molar-refractivity contribution >= 4 is 34.6 Å². The van der Waals surface area contributed by atoms with Crippen molar-refractivity contribution in [1.29, 1.82) is 0 Å². The van der Waals surface area contributed by atoms with Crippen molar-refractivity contribution in [2.75, 3.05) is 22.9 Å². The van der Waals surface area contributed by atoms with Crippen LogP contribution in [0.25, 0.3) is 0 Å². The van der Waals surface area contributed by atoms with Crippen LogP contribution in [0.3, 0.4) is 0 Å². The molecule has 1 unspecified atom stereocenters. The third-order valence-corrected chi connectivity index (χ3v) is 5.35. The first-order valence-electron chi connectivity index (χ1n) is 9.09. The van der Waals surface area contributed by atoms with E-state index in [4.69, 9.17) is 0 Å². The van der Waals surface area contributed by atoms with Crippen LogP contribution >= 0.6 is 0 Å². The molecule has 2 aromatic carbocycles. The Hall–Kier alpha value is -3.89. The Morgan fingerprint density at radius 3 is 2.57 bits per heavy atom. The first kappa shape index (κ1) is 19.4. The smallest absolute Gasteiger partial charge is 0.306 e. The van der Waals surface area contributed by atoms with E-state index in [2.05, 4.69) is 0 Å². The first-order chi connectivity index (χ1) is 14.3.